The van der Waals surface area contributed by atoms with E-state index in [1.54, 1.807) is 35.2 Å². The van der Waals surface area contributed by atoms with Crippen molar-refractivity contribution in [3.8, 4) is 11.5 Å². The molecule has 0 fully saturated rings. The van der Waals surface area contributed by atoms with Gasteiger partial charge in [-0.1, -0.05) is 12.1 Å². The average Bonchev–Trinajstić information content (AvgIpc) is 3.36. The third-order valence-electron chi connectivity index (χ3n) is 5.84. The maximum Gasteiger partial charge on any atom is 0.291 e. The van der Waals surface area contributed by atoms with Crippen molar-refractivity contribution >= 4 is 16.9 Å². The van der Waals surface area contributed by atoms with Crippen molar-refractivity contribution in [3.05, 3.63) is 92.7 Å². The summed E-state index contributed by atoms with van der Waals surface area (Å²) in [5.41, 5.74) is 2.77. The SMILES string of the molecule is COc1cc([C@@H]2c3c(oc4cc(C)cc(C)c4c3=O)C(=O)N2Cc2ccco2)ccc1O. The summed E-state index contributed by atoms with van der Waals surface area (Å²) in [5.74, 6) is 0.419. The Morgan fingerprint density at radius 2 is 1.94 bits per heavy atom. The zero-order valence-electron chi connectivity index (χ0n) is 17.8. The van der Waals surface area contributed by atoms with Crippen LogP contribution in [-0.2, 0) is 6.54 Å². The molecule has 0 saturated heterocycles. The molecule has 1 N–H and O–H groups in total. The van der Waals surface area contributed by atoms with Gasteiger partial charge < -0.3 is 23.6 Å². The number of carbonyl (C=O) groups excluding carboxylic acids is 1. The van der Waals surface area contributed by atoms with E-state index in [1.807, 2.05) is 19.9 Å². The molecule has 0 saturated carbocycles. The first-order chi connectivity index (χ1) is 15.4. The molecule has 0 spiro atoms. The number of carbonyl (C=O) groups is 1. The minimum atomic E-state index is -0.724. The number of amides is 1. The second kappa shape index (κ2) is 7.30. The minimum absolute atomic E-state index is 0.0242. The van der Waals surface area contributed by atoms with Crippen LogP contribution in [0.2, 0.25) is 0 Å². The second-order valence-electron chi connectivity index (χ2n) is 7.98. The summed E-state index contributed by atoms with van der Waals surface area (Å²) in [5, 5.41) is 10.5. The number of methoxy groups -OCH3 is 1. The van der Waals surface area contributed by atoms with E-state index < -0.39 is 11.9 Å². The molecule has 0 bridgehead atoms. The molecular weight excluding hydrogens is 410 g/mol. The van der Waals surface area contributed by atoms with Crippen LogP contribution in [0, 0.1) is 13.8 Å². The van der Waals surface area contributed by atoms with Crippen LogP contribution in [0.1, 0.15) is 44.6 Å². The molecule has 1 atom stereocenters. The smallest absolute Gasteiger partial charge is 0.291 e. The fourth-order valence-corrected chi connectivity index (χ4v) is 4.46. The molecule has 0 unspecified atom stereocenters. The highest BCUT2D eigenvalue weighted by Gasteiger charge is 2.43. The summed E-state index contributed by atoms with van der Waals surface area (Å²) < 4.78 is 16.8. The Balaban J connectivity index is 1.78. The number of phenols is 1. The Morgan fingerprint density at radius 1 is 1.12 bits per heavy atom. The monoisotopic (exact) mass is 431 g/mol. The van der Waals surface area contributed by atoms with Crippen molar-refractivity contribution in [2.45, 2.75) is 26.4 Å². The van der Waals surface area contributed by atoms with Gasteiger partial charge in [0.25, 0.3) is 5.91 Å². The number of fused-ring (bicyclic) bond motifs is 2. The molecule has 4 aromatic rings. The lowest BCUT2D eigenvalue weighted by Gasteiger charge is -2.24. The van der Waals surface area contributed by atoms with E-state index >= 15 is 0 Å². The first-order valence-corrected chi connectivity index (χ1v) is 10.2. The van der Waals surface area contributed by atoms with E-state index in [2.05, 4.69) is 0 Å². The molecule has 32 heavy (non-hydrogen) atoms. The van der Waals surface area contributed by atoms with Gasteiger partial charge in [-0.25, -0.2) is 0 Å². The maximum atomic E-state index is 13.7. The third-order valence-corrected chi connectivity index (χ3v) is 5.84. The van der Waals surface area contributed by atoms with Gasteiger partial charge in [-0.3, -0.25) is 9.59 Å². The number of rotatable bonds is 4. The first-order valence-electron chi connectivity index (χ1n) is 10.2. The second-order valence-corrected chi connectivity index (χ2v) is 7.98. The van der Waals surface area contributed by atoms with Gasteiger partial charge in [-0.2, -0.15) is 0 Å². The van der Waals surface area contributed by atoms with Crippen LogP contribution in [0.5, 0.6) is 11.5 Å². The molecule has 1 amide bonds. The van der Waals surface area contributed by atoms with Crippen molar-refractivity contribution in [3.63, 3.8) is 0 Å². The van der Waals surface area contributed by atoms with Crippen molar-refractivity contribution in [1.82, 2.24) is 4.90 Å². The first kappa shape index (κ1) is 19.9. The maximum absolute atomic E-state index is 13.7. The molecule has 3 heterocycles. The molecule has 1 aliphatic rings. The predicted octanol–water partition coefficient (Wildman–Crippen LogP) is 4.46. The summed E-state index contributed by atoms with van der Waals surface area (Å²) in [4.78, 5) is 28.7. The van der Waals surface area contributed by atoms with E-state index in [0.717, 1.165) is 11.1 Å². The quantitative estimate of drug-likeness (QED) is 0.513. The number of phenolic OH excluding ortho intramolecular Hbond substituents is 1. The number of aromatic hydroxyl groups is 1. The molecule has 5 rings (SSSR count). The van der Waals surface area contributed by atoms with E-state index in [4.69, 9.17) is 13.6 Å². The summed E-state index contributed by atoms with van der Waals surface area (Å²) >= 11 is 0. The lowest BCUT2D eigenvalue weighted by Crippen LogP contribution is -2.29. The standard InChI is InChI=1S/C25H21NO6/c1-13-9-14(2)20-19(10-13)32-24-21(23(20)28)22(15-6-7-17(27)18(11-15)30-3)26(25(24)29)12-16-5-4-8-31-16/h4-11,22,27H,12H2,1-3H3/t22-/m1/s1. The van der Waals surface area contributed by atoms with Crippen molar-refractivity contribution < 1.29 is 23.5 Å². The van der Waals surface area contributed by atoms with Crippen LogP contribution in [0.4, 0.5) is 0 Å². The normalized spacial score (nSPS) is 15.4. The number of aryl methyl sites for hydroxylation is 2. The topological polar surface area (TPSA) is 93.1 Å². The summed E-state index contributed by atoms with van der Waals surface area (Å²) in [6.45, 7) is 3.92. The number of benzene rings is 2. The lowest BCUT2D eigenvalue weighted by molar-refractivity contribution is 0.0701. The van der Waals surface area contributed by atoms with Gasteiger partial charge in [-0.05, 0) is 60.9 Å². The fourth-order valence-electron chi connectivity index (χ4n) is 4.46. The molecule has 7 heteroatoms. The van der Waals surface area contributed by atoms with Crippen LogP contribution in [0.3, 0.4) is 0 Å². The van der Waals surface area contributed by atoms with Crippen molar-refractivity contribution in [2.24, 2.45) is 0 Å². The van der Waals surface area contributed by atoms with E-state index in [0.29, 0.717) is 22.3 Å². The number of ether oxygens (including phenoxy) is 1. The molecule has 1 aliphatic heterocycles. The van der Waals surface area contributed by atoms with Gasteiger partial charge in [0, 0.05) is 0 Å². The van der Waals surface area contributed by atoms with Crippen LogP contribution in [0.15, 0.2) is 62.4 Å². The predicted molar refractivity (Wildman–Crippen MR) is 117 cm³/mol. The molecule has 0 aliphatic carbocycles. The Kier molecular flexibility index (Phi) is 4.55. The van der Waals surface area contributed by atoms with Gasteiger partial charge >= 0.3 is 0 Å². The number of hydrogen-bond acceptors (Lipinski definition) is 6. The van der Waals surface area contributed by atoms with Gasteiger partial charge in [0.2, 0.25) is 5.76 Å². The van der Waals surface area contributed by atoms with Crippen molar-refractivity contribution in [1.29, 1.82) is 0 Å². The largest absolute Gasteiger partial charge is 0.504 e. The Bertz CT molecular complexity index is 1420. The zero-order valence-corrected chi connectivity index (χ0v) is 17.8. The zero-order chi connectivity index (χ0) is 22.6. The average molecular weight is 431 g/mol. The molecule has 0 radical (unpaired) electrons. The van der Waals surface area contributed by atoms with Gasteiger partial charge in [0.1, 0.15) is 11.3 Å². The van der Waals surface area contributed by atoms with Gasteiger partial charge in [0.05, 0.1) is 36.9 Å². The third kappa shape index (κ3) is 2.97. The fraction of sp³-hybridized carbons (Fsp3) is 0.200. The molecule has 2 aromatic carbocycles. The van der Waals surface area contributed by atoms with Crippen LogP contribution in [0.25, 0.3) is 11.0 Å². The highest BCUT2D eigenvalue weighted by Crippen LogP contribution is 2.41. The number of hydrogen-bond donors (Lipinski definition) is 1. The van der Waals surface area contributed by atoms with Crippen LogP contribution < -0.4 is 10.2 Å². The highest BCUT2D eigenvalue weighted by atomic mass is 16.5. The van der Waals surface area contributed by atoms with E-state index in [1.165, 1.54) is 19.4 Å². The van der Waals surface area contributed by atoms with Crippen molar-refractivity contribution in [2.75, 3.05) is 7.11 Å². The van der Waals surface area contributed by atoms with Crippen LogP contribution >= 0.6 is 0 Å². The number of nitrogens with zero attached hydrogens (tertiary/aromatic N) is 1. The highest BCUT2D eigenvalue weighted by molar-refractivity contribution is 5.99. The summed E-state index contributed by atoms with van der Waals surface area (Å²) in [6, 6.07) is 11.3. The minimum Gasteiger partial charge on any atom is -0.504 e. The van der Waals surface area contributed by atoms with Crippen LogP contribution in [-0.4, -0.2) is 23.0 Å². The Hall–Kier alpha value is -4.00. The molecular formula is C25H21NO6. The van der Waals surface area contributed by atoms with E-state index in [9.17, 15) is 14.7 Å². The Morgan fingerprint density at radius 3 is 2.66 bits per heavy atom. The molecule has 2 aromatic heterocycles. The van der Waals surface area contributed by atoms with Gasteiger partial charge in [-0.15, -0.1) is 0 Å². The summed E-state index contributed by atoms with van der Waals surface area (Å²) in [7, 11) is 1.45. The molecule has 7 nitrogen and oxygen atoms in total. The van der Waals surface area contributed by atoms with Gasteiger partial charge in [0.15, 0.2) is 16.9 Å². The Labute approximate surface area is 183 Å². The lowest BCUT2D eigenvalue weighted by atomic mass is 9.96. The molecule has 162 valence electrons. The summed E-state index contributed by atoms with van der Waals surface area (Å²) in [6.07, 6.45) is 1.53. The van der Waals surface area contributed by atoms with E-state index in [-0.39, 0.29) is 34.8 Å². The number of furan rings is 1.